The molecule has 3 aromatic rings. The molecule has 2 heterocycles. The van der Waals surface area contributed by atoms with Crippen LogP contribution in [-0.2, 0) is 16.0 Å². The molecule has 1 fully saturated rings. The normalized spacial score (nSPS) is 20.0. The van der Waals surface area contributed by atoms with Gasteiger partial charge in [-0.15, -0.1) is 0 Å². The van der Waals surface area contributed by atoms with Gasteiger partial charge in [0.15, 0.2) is 0 Å². The Hall–Kier alpha value is -2.76. The van der Waals surface area contributed by atoms with Crippen LogP contribution in [0.4, 0.5) is 0 Å². The van der Waals surface area contributed by atoms with E-state index in [1.54, 1.807) is 0 Å². The highest BCUT2D eigenvalue weighted by Crippen LogP contribution is 2.34. The Morgan fingerprint density at radius 2 is 1.72 bits per heavy atom. The van der Waals surface area contributed by atoms with E-state index in [1.165, 1.54) is 7.11 Å². The van der Waals surface area contributed by atoms with Gasteiger partial charge >= 0.3 is 5.97 Å². The maximum Gasteiger partial charge on any atom is 0.340 e. The zero-order valence-electron chi connectivity index (χ0n) is 17.1. The Bertz CT molecular complexity index is 1010. The van der Waals surface area contributed by atoms with Crippen molar-refractivity contribution in [2.45, 2.75) is 32.6 Å². The van der Waals surface area contributed by atoms with Crippen LogP contribution in [0, 0.1) is 0 Å². The lowest BCUT2D eigenvalue weighted by molar-refractivity contribution is -0.0707. The van der Waals surface area contributed by atoms with Crippen LogP contribution in [0.5, 0.6) is 0 Å². The quantitative estimate of drug-likeness (QED) is 0.622. The van der Waals surface area contributed by atoms with Crippen LogP contribution >= 0.6 is 0 Å². The molecule has 0 N–H and O–H groups in total. The molecule has 0 spiro atoms. The van der Waals surface area contributed by atoms with E-state index in [0.29, 0.717) is 12.1 Å². The van der Waals surface area contributed by atoms with E-state index in [-0.39, 0.29) is 18.2 Å². The van der Waals surface area contributed by atoms with Crippen LogP contribution < -0.4 is 0 Å². The highest BCUT2D eigenvalue weighted by molar-refractivity contribution is 6.07. The van der Waals surface area contributed by atoms with Gasteiger partial charge < -0.3 is 9.47 Å². The lowest BCUT2D eigenvalue weighted by atomic mass is 9.93. The van der Waals surface area contributed by atoms with Gasteiger partial charge in [-0.3, -0.25) is 9.88 Å². The lowest BCUT2D eigenvalue weighted by Crippen LogP contribution is -2.45. The van der Waals surface area contributed by atoms with E-state index in [1.807, 2.05) is 54.6 Å². The maximum atomic E-state index is 12.9. The van der Waals surface area contributed by atoms with E-state index in [2.05, 4.69) is 18.7 Å². The molecule has 150 valence electrons. The van der Waals surface area contributed by atoms with E-state index < -0.39 is 0 Å². The smallest absolute Gasteiger partial charge is 0.340 e. The zero-order valence-corrected chi connectivity index (χ0v) is 17.1. The Morgan fingerprint density at radius 1 is 1.07 bits per heavy atom. The minimum atomic E-state index is -0.355. The molecule has 29 heavy (non-hydrogen) atoms. The number of ether oxygens (including phenoxy) is 2. The molecular weight excluding hydrogens is 364 g/mol. The minimum Gasteiger partial charge on any atom is -0.465 e. The van der Waals surface area contributed by atoms with Crippen molar-refractivity contribution < 1.29 is 14.3 Å². The van der Waals surface area contributed by atoms with Crippen molar-refractivity contribution in [1.82, 2.24) is 9.88 Å². The summed E-state index contributed by atoms with van der Waals surface area (Å²) in [6.07, 6.45) is 0.295. The highest BCUT2D eigenvalue weighted by Gasteiger charge is 2.27. The first-order chi connectivity index (χ1) is 14.1. The number of aromatic nitrogens is 1. The molecule has 0 amide bonds. The summed E-state index contributed by atoms with van der Waals surface area (Å²) in [5.74, 6) is -0.355. The van der Waals surface area contributed by atoms with Crippen molar-refractivity contribution in [3.63, 3.8) is 0 Å². The van der Waals surface area contributed by atoms with Gasteiger partial charge in [0.2, 0.25) is 0 Å². The molecular formula is C24H26N2O3. The first-order valence-electron chi connectivity index (χ1n) is 10.00. The Balaban J connectivity index is 1.90. The fourth-order valence-corrected chi connectivity index (χ4v) is 4.23. The number of carbonyl (C=O) groups is 1. The zero-order chi connectivity index (χ0) is 20.4. The standard InChI is InChI=1S/C24H26N2O3/c1-16-13-26(14-17(2)29-16)15-21-23(24(27)28-3)22(18-9-5-4-6-10-18)19-11-7-8-12-20(19)25-21/h4-12,16-17H,13-15H2,1-3H3/t16-,17-/m0/s1. The highest BCUT2D eigenvalue weighted by atomic mass is 16.5. The first kappa shape index (κ1) is 19.6. The molecule has 0 radical (unpaired) electrons. The molecule has 1 aromatic heterocycles. The SMILES string of the molecule is COC(=O)c1c(CN2C[C@H](C)O[C@@H](C)C2)nc2ccccc2c1-c1ccccc1. The van der Waals surface area contributed by atoms with Crippen molar-refractivity contribution in [3.8, 4) is 11.1 Å². The summed E-state index contributed by atoms with van der Waals surface area (Å²) in [6, 6.07) is 18.0. The molecule has 4 rings (SSSR count). The number of morpholine rings is 1. The monoisotopic (exact) mass is 390 g/mol. The molecule has 5 heteroatoms. The van der Waals surface area contributed by atoms with E-state index >= 15 is 0 Å². The number of carbonyl (C=O) groups excluding carboxylic acids is 1. The fourth-order valence-electron chi connectivity index (χ4n) is 4.23. The largest absolute Gasteiger partial charge is 0.465 e. The number of benzene rings is 2. The van der Waals surface area contributed by atoms with Crippen molar-refractivity contribution in [2.24, 2.45) is 0 Å². The number of rotatable bonds is 4. The maximum absolute atomic E-state index is 12.9. The molecule has 0 aliphatic carbocycles. The minimum absolute atomic E-state index is 0.148. The van der Waals surface area contributed by atoms with E-state index in [4.69, 9.17) is 14.5 Å². The number of hydrogen-bond acceptors (Lipinski definition) is 5. The van der Waals surface area contributed by atoms with Crippen LogP contribution in [0.2, 0.25) is 0 Å². The third-order valence-corrected chi connectivity index (χ3v) is 5.29. The molecule has 5 nitrogen and oxygen atoms in total. The second-order valence-electron chi connectivity index (χ2n) is 7.63. The van der Waals surface area contributed by atoms with Crippen molar-refractivity contribution in [1.29, 1.82) is 0 Å². The molecule has 1 aliphatic rings. The van der Waals surface area contributed by atoms with E-state index in [0.717, 1.165) is 40.8 Å². The predicted octanol–water partition coefficient (Wildman–Crippen LogP) is 4.30. The second-order valence-corrected chi connectivity index (χ2v) is 7.63. The van der Waals surface area contributed by atoms with Crippen LogP contribution in [0.1, 0.15) is 29.9 Å². The van der Waals surface area contributed by atoms with Gasteiger partial charge in [-0.1, -0.05) is 48.5 Å². The number of fused-ring (bicyclic) bond motifs is 1. The number of nitrogens with zero attached hydrogens (tertiary/aromatic N) is 2. The summed E-state index contributed by atoms with van der Waals surface area (Å²) in [4.78, 5) is 20.1. The van der Waals surface area contributed by atoms with Crippen LogP contribution in [0.3, 0.4) is 0 Å². The van der Waals surface area contributed by atoms with Crippen LogP contribution in [0.15, 0.2) is 54.6 Å². The summed E-state index contributed by atoms with van der Waals surface area (Å²) in [5.41, 5.74) is 4.03. The summed E-state index contributed by atoms with van der Waals surface area (Å²) in [5, 5.41) is 0.951. The summed E-state index contributed by atoms with van der Waals surface area (Å²) in [7, 11) is 1.43. The Labute approximate surface area is 171 Å². The summed E-state index contributed by atoms with van der Waals surface area (Å²) < 4.78 is 11.1. The number of esters is 1. The number of para-hydroxylation sites is 1. The number of hydrogen-bond donors (Lipinski definition) is 0. The summed E-state index contributed by atoms with van der Waals surface area (Å²) >= 11 is 0. The lowest BCUT2D eigenvalue weighted by Gasteiger charge is -2.35. The van der Waals surface area contributed by atoms with Gasteiger partial charge in [0.25, 0.3) is 0 Å². The van der Waals surface area contributed by atoms with Crippen LogP contribution in [-0.4, -0.2) is 48.3 Å². The van der Waals surface area contributed by atoms with Gasteiger partial charge in [0.05, 0.1) is 36.1 Å². The van der Waals surface area contributed by atoms with Gasteiger partial charge in [0.1, 0.15) is 0 Å². The molecule has 1 saturated heterocycles. The van der Waals surface area contributed by atoms with Gasteiger partial charge in [-0.05, 0) is 25.5 Å². The molecule has 2 atom stereocenters. The van der Waals surface area contributed by atoms with E-state index in [9.17, 15) is 4.79 Å². The molecule has 0 unspecified atom stereocenters. The second kappa shape index (κ2) is 8.31. The average molecular weight is 390 g/mol. The molecule has 0 saturated carbocycles. The van der Waals surface area contributed by atoms with Crippen LogP contribution in [0.25, 0.3) is 22.0 Å². The number of methoxy groups -OCH3 is 1. The average Bonchev–Trinajstić information content (AvgIpc) is 2.72. The van der Waals surface area contributed by atoms with Gasteiger partial charge in [-0.25, -0.2) is 4.79 Å². The third kappa shape index (κ3) is 4.02. The van der Waals surface area contributed by atoms with Crippen molar-refractivity contribution in [3.05, 3.63) is 65.9 Å². The predicted molar refractivity (Wildman–Crippen MR) is 114 cm³/mol. The molecule has 2 aromatic carbocycles. The van der Waals surface area contributed by atoms with Crippen molar-refractivity contribution >= 4 is 16.9 Å². The first-order valence-corrected chi connectivity index (χ1v) is 10.00. The fraction of sp³-hybridized carbons (Fsp3) is 0.333. The van der Waals surface area contributed by atoms with Gasteiger partial charge in [0, 0.05) is 30.6 Å². The van der Waals surface area contributed by atoms with Gasteiger partial charge in [-0.2, -0.15) is 0 Å². The Kier molecular flexibility index (Phi) is 5.60. The molecule has 1 aliphatic heterocycles. The Morgan fingerprint density at radius 3 is 2.41 bits per heavy atom. The topological polar surface area (TPSA) is 51.7 Å². The van der Waals surface area contributed by atoms with Crippen molar-refractivity contribution in [2.75, 3.05) is 20.2 Å². The summed E-state index contributed by atoms with van der Waals surface area (Å²) in [6.45, 7) is 6.34. The molecule has 0 bridgehead atoms. The third-order valence-electron chi connectivity index (χ3n) is 5.29. The number of pyridine rings is 1.